The predicted molar refractivity (Wildman–Crippen MR) is 104 cm³/mol. The van der Waals surface area contributed by atoms with Crippen molar-refractivity contribution in [3.63, 3.8) is 0 Å². The minimum Gasteiger partial charge on any atom is -0.261 e. The Morgan fingerprint density at radius 3 is 2.85 bits per heavy atom. The van der Waals surface area contributed by atoms with E-state index in [0.717, 1.165) is 36.9 Å². The molecule has 0 N–H and O–H groups in total. The first-order valence-corrected chi connectivity index (χ1v) is 9.30. The summed E-state index contributed by atoms with van der Waals surface area (Å²) in [6, 6.07) is 15.7. The maximum absolute atomic E-state index is 14.1. The summed E-state index contributed by atoms with van der Waals surface area (Å²) in [5, 5.41) is 0. The van der Waals surface area contributed by atoms with Crippen LogP contribution in [0.5, 0.6) is 0 Å². The fourth-order valence-electron chi connectivity index (χ4n) is 4.51. The van der Waals surface area contributed by atoms with Gasteiger partial charge in [0, 0.05) is 11.9 Å². The van der Waals surface area contributed by atoms with Crippen LogP contribution >= 0.6 is 0 Å². The first-order valence-electron chi connectivity index (χ1n) is 9.30. The van der Waals surface area contributed by atoms with Crippen molar-refractivity contribution in [1.29, 1.82) is 0 Å². The summed E-state index contributed by atoms with van der Waals surface area (Å²) < 4.78 is 14.1. The van der Waals surface area contributed by atoms with Gasteiger partial charge in [0.2, 0.25) is 0 Å². The van der Waals surface area contributed by atoms with Crippen LogP contribution in [0, 0.1) is 5.82 Å². The number of hydrogen-bond acceptors (Lipinski definition) is 1. The maximum atomic E-state index is 14.1. The number of rotatable bonds is 2. The number of hydrogen-bond donors (Lipinski definition) is 0. The topological polar surface area (TPSA) is 12.9 Å². The van der Waals surface area contributed by atoms with E-state index < -0.39 is 0 Å². The molecule has 0 saturated heterocycles. The Bertz CT molecular complexity index is 1000. The maximum Gasteiger partial charge on any atom is 0.123 e. The molecule has 0 saturated carbocycles. The molecule has 5 rings (SSSR count). The van der Waals surface area contributed by atoms with Gasteiger partial charge in [0.1, 0.15) is 5.82 Å². The number of aromatic nitrogens is 1. The fraction of sp³-hybridized carbons (Fsp3) is 0.208. The minimum absolute atomic E-state index is 0.161. The zero-order valence-electron chi connectivity index (χ0n) is 14.6. The molecule has 0 amide bonds. The lowest BCUT2D eigenvalue weighted by Gasteiger charge is -2.31. The molecule has 128 valence electrons. The van der Waals surface area contributed by atoms with Crippen LogP contribution in [0.2, 0.25) is 0 Å². The van der Waals surface area contributed by atoms with E-state index in [9.17, 15) is 4.39 Å². The second-order valence-corrected chi connectivity index (χ2v) is 7.26. The summed E-state index contributed by atoms with van der Waals surface area (Å²) in [5.41, 5.74) is 8.80. The largest absolute Gasteiger partial charge is 0.261 e. The summed E-state index contributed by atoms with van der Waals surface area (Å²) in [6.07, 6.45) is 10.4. The van der Waals surface area contributed by atoms with Gasteiger partial charge < -0.3 is 0 Å². The summed E-state index contributed by atoms with van der Waals surface area (Å²) in [6.45, 7) is 0. The molecule has 26 heavy (non-hydrogen) atoms. The average Bonchev–Trinajstić information content (AvgIpc) is 2.68. The molecule has 2 aromatic carbocycles. The van der Waals surface area contributed by atoms with E-state index in [1.165, 1.54) is 27.8 Å². The van der Waals surface area contributed by atoms with Gasteiger partial charge in [-0.3, -0.25) is 4.98 Å². The third-order valence-electron chi connectivity index (χ3n) is 5.70. The second kappa shape index (κ2) is 6.21. The van der Waals surface area contributed by atoms with Crippen molar-refractivity contribution in [3.05, 3.63) is 94.6 Å². The third kappa shape index (κ3) is 2.57. The normalized spacial score (nSPS) is 17.3. The molecular weight excluding hydrogens is 321 g/mol. The Balaban J connectivity index is 1.66. The lowest BCUT2D eigenvalue weighted by Crippen LogP contribution is -2.17. The van der Waals surface area contributed by atoms with Gasteiger partial charge in [-0.25, -0.2) is 4.39 Å². The van der Waals surface area contributed by atoms with E-state index in [4.69, 9.17) is 0 Å². The monoisotopic (exact) mass is 341 g/mol. The lowest BCUT2D eigenvalue weighted by molar-refractivity contribution is 0.619. The van der Waals surface area contributed by atoms with Gasteiger partial charge in [0.15, 0.2) is 0 Å². The Morgan fingerprint density at radius 2 is 1.96 bits per heavy atom. The van der Waals surface area contributed by atoms with E-state index in [2.05, 4.69) is 35.3 Å². The molecular formula is C24H20FN. The first-order chi connectivity index (χ1) is 12.8. The zero-order valence-corrected chi connectivity index (χ0v) is 14.6. The lowest BCUT2D eigenvalue weighted by atomic mass is 9.73. The van der Waals surface area contributed by atoms with Crippen LogP contribution in [0.15, 0.2) is 60.8 Å². The molecule has 1 aromatic heterocycles. The molecule has 0 radical (unpaired) electrons. The Hall–Kier alpha value is -2.74. The Labute approximate surface area is 153 Å². The van der Waals surface area contributed by atoms with Crippen LogP contribution in [-0.4, -0.2) is 4.98 Å². The molecule has 0 bridgehead atoms. The molecule has 1 atom stereocenters. The first kappa shape index (κ1) is 15.5. The van der Waals surface area contributed by atoms with Crippen molar-refractivity contribution in [2.24, 2.45) is 0 Å². The summed E-state index contributed by atoms with van der Waals surface area (Å²) in [4.78, 5) is 4.52. The molecule has 3 aromatic rings. The van der Waals surface area contributed by atoms with Crippen molar-refractivity contribution in [3.8, 4) is 11.1 Å². The quantitative estimate of drug-likeness (QED) is 0.580. The smallest absolute Gasteiger partial charge is 0.123 e. The van der Waals surface area contributed by atoms with E-state index >= 15 is 0 Å². The highest BCUT2D eigenvalue weighted by molar-refractivity contribution is 5.78. The van der Waals surface area contributed by atoms with Crippen LogP contribution in [0.1, 0.15) is 40.3 Å². The summed E-state index contributed by atoms with van der Waals surface area (Å²) >= 11 is 0. The van der Waals surface area contributed by atoms with E-state index in [1.807, 2.05) is 24.4 Å². The summed E-state index contributed by atoms with van der Waals surface area (Å²) in [7, 11) is 0. The van der Waals surface area contributed by atoms with Crippen LogP contribution < -0.4 is 0 Å². The average molecular weight is 341 g/mol. The molecule has 0 aliphatic heterocycles. The Morgan fingerprint density at radius 1 is 1.00 bits per heavy atom. The highest BCUT2D eigenvalue weighted by Gasteiger charge is 2.28. The van der Waals surface area contributed by atoms with E-state index in [0.29, 0.717) is 5.92 Å². The molecule has 0 fully saturated rings. The highest BCUT2D eigenvalue weighted by Crippen LogP contribution is 2.44. The number of nitrogens with zero attached hydrogens (tertiary/aromatic N) is 1. The van der Waals surface area contributed by atoms with Crippen LogP contribution in [-0.2, 0) is 19.3 Å². The number of benzene rings is 2. The number of pyridine rings is 1. The van der Waals surface area contributed by atoms with Gasteiger partial charge in [0.05, 0.1) is 0 Å². The van der Waals surface area contributed by atoms with Gasteiger partial charge in [0.25, 0.3) is 0 Å². The standard InChI is InChI=1S/C24H20FN/c25-18-9-11-21-17(13-19-6-3-4-12-26-19)14-23-20-7-2-1-5-16(20)8-10-22(23)24(21)15-18/h1,3-6,8-12,15,17H,2,7,13-14H2. The molecule has 2 aliphatic rings. The van der Waals surface area contributed by atoms with Crippen molar-refractivity contribution < 1.29 is 4.39 Å². The molecule has 0 spiro atoms. The van der Waals surface area contributed by atoms with Crippen molar-refractivity contribution >= 4 is 6.08 Å². The second-order valence-electron chi connectivity index (χ2n) is 7.26. The van der Waals surface area contributed by atoms with Crippen molar-refractivity contribution in [2.75, 3.05) is 0 Å². The van der Waals surface area contributed by atoms with Crippen LogP contribution in [0.25, 0.3) is 17.2 Å². The molecule has 2 heteroatoms. The number of allylic oxidation sites excluding steroid dienone is 1. The predicted octanol–water partition coefficient (Wildman–Crippen LogP) is 5.73. The van der Waals surface area contributed by atoms with Gasteiger partial charge in [-0.2, -0.15) is 0 Å². The van der Waals surface area contributed by atoms with Gasteiger partial charge in [-0.15, -0.1) is 0 Å². The van der Waals surface area contributed by atoms with Gasteiger partial charge in [-0.05, 0) is 89.2 Å². The molecule has 2 aliphatic carbocycles. The third-order valence-corrected chi connectivity index (χ3v) is 5.70. The minimum atomic E-state index is -0.161. The van der Waals surface area contributed by atoms with Crippen molar-refractivity contribution in [2.45, 2.75) is 31.6 Å². The van der Waals surface area contributed by atoms with Gasteiger partial charge >= 0.3 is 0 Å². The van der Waals surface area contributed by atoms with Crippen molar-refractivity contribution in [1.82, 2.24) is 4.98 Å². The molecule has 1 heterocycles. The Kier molecular flexibility index (Phi) is 3.70. The van der Waals surface area contributed by atoms with Crippen LogP contribution in [0.3, 0.4) is 0 Å². The van der Waals surface area contributed by atoms with Crippen LogP contribution in [0.4, 0.5) is 4.39 Å². The SMILES string of the molecule is Fc1ccc2c(c1)-c1ccc3c(c1CC2Cc1ccccn1)CCC=C3. The highest BCUT2D eigenvalue weighted by atomic mass is 19.1. The number of fused-ring (bicyclic) bond motifs is 5. The van der Waals surface area contributed by atoms with Gasteiger partial charge in [-0.1, -0.05) is 36.4 Å². The zero-order chi connectivity index (χ0) is 17.5. The van der Waals surface area contributed by atoms with E-state index in [-0.39, 0.29) is 5.82 Å². The fourth-order valence-corrected chi connectivity index (χ4v) is 4.51. The summed E-state index contributed by atoms with van der Waals surface area (Å²) in [5.74, 6) is 0.177. The molecule has 1 nitrogen and oxygen atoms in total. The van der Waals surface area contributed by atoms with E-state index in [1.54, 1.807) is 12.1 Å². The molecule has 1 unspecified atom stereocenters. The number of halogens is 1.